The van der Waals surface area contributed by atoms with Crippen LogP contribution in [0.1, 0.15) is 22.3 Å². The molecule has 2 aliphatic rings. The number of hydrogen-bond acceptors (Lipinski definition) is 0. The van der Waals surface area contributed by atoms with Gasteiger partial charge in [0.15, 0.2) is 0 Å². The van der Waals surface area contributed by atoms with Crippen LogP contribution in [0.25, 0.3) is 87.6 Å². The first kappa shape index (κ1) is 28.9. The van der Waals surface area contributed by atoms with Crippen molar-refractivity contribution in [2.45, 2.75) is 5.41 Å². The lowest BCUT2D eigenvalue weighted by molar-refractivity contribution is 0.795. The highest BCUT2D eigenvalue weighted by atomic mass is 14.5. The molecule has 0 saturated heterocycles. The van der Waals surface area contributed by atoms with Crippen LogP contribution in [-0.4, -0.2) is 0 Å². The summed E-state index contributed by atoms with van der Waals surface area (Å²) < 4.78 is 0. The molecule has 0 bridgehead atoms. The Kier molecular flexibility index (Phi) is 5.80. The standard InChI is InChI=1S/C53H32/c1-2-14-37-34(12-1)13-11-21-38(37)35-26-24-33(25-27-35)36-28-29-45-43-19-7-9-22-49(43)53(51(45)30-36)50-23-10-8-20-44(50)48-31-46-41-17-5-3-15-39(41)40-16-4-6-18-42(40)47(46)32-52(48)53/h1-32H. The Morgan fingerprint density at radius 3 is 1.38 bits per heavy atom. The van der Waals surface area contributed by atoms with E-state index >= 15 is 0 Å². The van der Waals surface area contributed by atoms with E-state index in [1.807, 2.05) is 0 Å². The molecule has 0 heterocycles. The average molecular weight is 669 g/mol. The molecule has 0 N–H and O–H groups in total. The molecule has 0 aliphatic heterocycles. The first-order chi connectivity index (χ1) is 26.3. The topological polar surface area (TPSA) is 0 Å². The number of hydrogen-bond donors (Lipinski definition) is 0. The Bertz CT molecular complexity index is 3160. The number of rotatable bonds is 2. The largest absolute Gasteiger partial charge is 0.0725 e. The fraction of sp³-hybridized carbons (Fsp3) is 0.0189. The third kappa shape index (κ3) is 3.80. The smallest absolute Gasteiger partial charge is 0.0619 e. The Labute approximate surface area is 308 Å². The SMILES string of the molecule is c1ccc2c(c1)-c1ccc(-c3ccc(-c4cccc5ccccc45)cc3)cc1C21c2ccccc2-c2cc3c4ccccc4c4ccccc4c3cc21. The Morgan fingerprint density at radius 1 is 0.226 bits per heavy atom. The molecule has 0 aromatic heterocycles. The molecule has 1 atom stereocenters. The van der Waals surface area contributed by atoms with Crippen LogP contribution < -0.4 is 0 Å². The summed E-state index contributed by atoms with van der Waals surface area (Å²) in [5, 5.41) is 10.4. The molecule has 1 spiro atoms. The van der Waals surface area contributed by atoms with Gasteiger partial charge >= 0.3 is 0 Å². The Hall–Kier alpha value is -6.76. The summed E-state index contributed by atoms with van der Waals surface area (Å²) in [6.45, 7) is 0. The lowest BCUT2D eigenvalue weighted by Crippen LogP contribution is -2.25. The molecule has 10 aromatic carbocycles. The van der Waals surface area contributed by atoms with Crippen LogP contribution in [0.5, 0.6) is 0 Å². The van der Waals surface area contributed by atoms with E-state index < -0.39 is 5.41 Å². The highest BCUT2D eigenvalue weighted by Gasteiger charge is 2.51. The fourth-order valence-electron chi connectivity index (χ4n) is 10.0. The maximum Gasteiger partial charge on any atom is 0.0725 e. The summed E-state index contributed by atoms with van der Waals surface area (Å²) in [5.41, 5.74) is 15.3. The monoisotopic (exact) mass is 668 g/mol. The maximum absolute atomic E-state index is 2.55. The second kappa shape index (κ2) is 10.6. The normalized spacial score (nSPS) is 15.2. The summed E-state index contributed by atoms with van der Waals surface area (Å²) in [4.78, 5) is 0. The fourth-order valence-corrected chi connectivity index (χ4v) is 10.0. The molecule has 12 rings (SSSR count). The minimum Gasteiger partial charge on any atom is -0.0619 e. The molecule has 2 aliphatic carbocycles. The van der Waals surface area contributed by atoms with E-state index in [1.165, 1.54) is 110 Å². The summed E-state index contributed by atoms with van der Waals surface area (Å²) >= 11 is 0. The van der Waals surface area contributed by atoms with Crippen LogP contribution in [0, 0.1) is 0 Å². The molecule has 0 fully saturated rings. The van der Waals surface area contributed by atoms with Crippen molar-refractivity contribution in [1.82, 2.24) is 0 Å². The predicted molar refractivity (Wildman–Crippen MR) is 224 cm³/mol. The van der Waals surface area contributed by atoms with E-state index in [0.717, 1.165) is 0 Å². The van der Waals surface area contributed by atoms with Crippen LogP contribution in [0.15, 0.2) is 194 Å². The van der Waals surface area contributed by atoms with E-state index in [1.54, 1.807) is 0 Å². The quantitative estimate of drug-likeness (QED) is 0.161. The number of fused-ring (bicyclic) bond motifs is 17. The zero-order valence-corrected chi connectivity index (χ0v) is 29.0. The lowest BCUT2D eigenvalue weighted by atomic mass is 9.70. The van der Waals surface area contributed by atoms with Gasteiger partial charge in [-0.2, -0.15) is 0 Å². The van der Waals surface area contributed by atoms with Crippen LogP contribution >= 0.6 is 0 Å². The van der Waals surface area contributed by atoms with E-state index in [0.29, 0.717) is 0 Å². The Morgan fingerprint density at radius 2 is 0.679 bits per heavy atom. The van der Waals surface area contributed by atoms with Gasteiger partial charge < -0.3 is 0 Å². The molecule has 0 saturated carbocycles. The molecular weight excluding hydrogens is 637 g/mol. The van der Waals surface area contributed by atoms with Gasteiger partial charge in [-0.1, -0.05) is 176 Å². The van der Waals surface area contributed by atoms with Crippen molar-refractivity contribution in [3.8, 4) is 44.5 Å². The molecule has 53 heavy (non-hydrogen) atoms. The van der Waals surface area contributed by atoms with Gasteiger partial charge in [0.25, 0.3) is 0 Å². The van der Waals surface area contributed by atoms with Gasteiger partial charge in [0, 0.05) is 0 Å². The van der Waals surface area contributed by atoms with Gasteiger partial charge in [-0.3, -0.25) is 0 Å². The second-order valence-corrected chi connectivity index (χ2v) is 14.7. The van der Waals surface area contributed by atoms with Crippen LogP contribution in [-0.2, 0) is 5.41 Å². The van der Waals surface area contributed by atoms with Crippen LogP contribution in [0.4, 0.5) is 0 Å². The predicted octanol–water partition coefficient (Wildman–Crippen LogP) is 14.0. The average Bonchev–Trinajstić information content (AvgIpc) is 3.69. The van der Waals surface area contributed by atoms with Gasteiger partial charge in [0.05, 0.1) is 5.41 Å². The van der Waals surface area contributed by atoms with Gasteiger partial charge in [-0.25, -0.2) is 0 Å². The van der Waals surface area contributed by atoms with Crippen molar-refractivity contribution in [2.75, 3.05) is 0 Å². The summed E-state index contributed by atoms with van der Waals surface area (Å²) in [6.07, 6.45) is 0. The summed E-state index contributed by atoms with van der Waals surface area (Å²) in [6, 6.07) is 72.8. The van der Waals surface area contributed by atoms with Crippen molar-refractivity contribution in [3.63, 3.8) is 0 Å². The van der Waals surface area contributed by atoms with Crippen LogP contribution in [0.2, 0.25) is 0 Å². The highest BCUT2D eigenvalue weighted by molar-refractivity contribution is 6.26. The first-order valence-corrected chi connectivity index (χ1v) is 18.6. The molecule has 244 valence electrons. The molecule has 0 nitrogen and oxygen atoms in total. The zero-order valence-electron chi connectivity index (χ0n) is 29.0. The molecule has 0 amide bonds. The van der Waals surface area contributed by atoms with E-state index in [2.05, 4.69) is 194 Å². The van der Waals surface area contributed by atoms with Crippen LogP contribution in [0.3, 0.4) is 0 Å². The minimum absolute atomic E-state index is 0.433. The molecule has 1 unspecified atom stereocenters. The number of benzene rings is 10. The molecule has 10 aromatic rings. The minimum atomic E-state index is -0.433. The maximum atomic E-state index is 2.55. The van der Waals surface area contributed by atoms with Crippen molar-refractivity contribution >= 4 is 43.1 Å². The van der Waals surface area contributed by atoms with E-state index in [9.17, 15) is 0 Å². The molecular formula is C53H32. The van der Waals surface area contributed by atoms with Crippen molar-refractivity contribution in [3.05, 3.63) is 216 Å². The summed E-state index contributed by atoms with van der Waals surface area (Å²) in [5.74, 6) is 0. The Balaban J connectivity index is 1.12. The van der Waals surface area contributed by atoms with Crippen molar-refractivity contribution < 1.29 is 0 Å². The lowest BCUT2D eigenvalue weighted by Gasteiger charge is -2.31. The second-order valence-electron chi connectivity index (χ2n) is 14.7. The van der Waals surface area contributed by atoms with E-state index in [-0.39, 0.29) is 0 Å². The molecule has 0 radical (unpaired) electrons. The first-order valence-electron chi connectivity index (χ1n) is 18.6. The molecule has 0 heteroatoms. The highest BCUT2D eigenvalue weighted by Crippen LogP contribution is 2.64. The van der Waals surface area contributed by atoms with Gasteiger partial charge in [0.2, 0.25) is 0 Å². The third-order valence-electron chi connectivity index (χ3n) is 12.3. The zero-order chi connectivity index (χ0) is 34.7. The van der Waals surface area contributed by atoms with Gasteiger partial charge in [-0.15, -0.1) is 0 Å². The summed E-state index contributed by atoms with van der Waals surface area (Å²) in [7, 11) is 0. The third-order valence-corrected chi connectivity index (χ3v) is 12.3. The van der Waals surface area contributed by atoms with E-state index in [4.69, 9.17) is 0 Å². The van der Waals surface area contributed by atoms with Crippen molar-refractivity contribution in [1.29, 1.82) is 0 Å². The van der Waals surface area contributed by atoms with Crippen molar-refractivity contribution in [2.24, 2.45) is 0 Å². The van der Waals surface area contributed by atoms with Gasteiger partial charge in [0.1, 0.15) is 0 Å². The van der Waals surface area contributed by atoms with Gasteiger partial charge in [-0.05, 0) is 128 Å².